The summed E-state index contributed by atoms with van der Waals surface area (Å²) in [6.45, 7) is 7.37. The molecule has 1 rings (SSSR count). The SMILES string of the molecule is CC(C)CCNC(=O)N1CCC(C)(C(=O)O)C1. The second-order valence-electron chi connectivity index (χ2n) is 5.45. The van der Waals surface area contributed by atoms with E-state index in [1.807, 2.05) is 0 Å². The van der Waals surface area contributed by atoms with Crippen LogP contribution in [0.5, 0.6) is 0 Å². The van der Waals surface area contributed by atoms with E-state index in [0.29, 0.717) is 32.0 Å². The van der Waals surface area contributed by atoms with Crippen molar-refractivity contribution in [1.82, 2.24) is 10.2 Å². The first-order chi connectivity index (χ1) is 7.85. The molecule has 0 spiro atoms. The molecule has 5 heteroatoms. The van der Waals surface area contributed by atoms with Crippen LogP contribution in [0.25, 0.3) is 0 Å². The molecular weight excluding hydrogens is 220 g/mol. The van der Waals surface area contributed by atoms with E-state index in [4.69, 9.17) is 5.11 Å². The number of hydrogen-bond acceptors (Lipinski definition) is 2. The Bertz CT molecular complexity index is 304. The first-order valence-corrected chi connectivity index (χ1v) is 6.11. The van der Waals surface area contributed by atoms with Gasteiger partial charge in [-0.05, 0) is 25.7 Å². The Morgan fingerprint density at radius 3 is 2.59 bits per heavy atom. The van der Waals surface area contributed by atoms with Gasteiger partial charge in [-0.1, -0.05) is 13.8 Å². The lowest BCUT2D eigenvalue weighted by molar-refractivity contribution is -0.146. The molecule has 1 fully saturated rings. The molecular formula is C12H22N2O3. The minimum atomic E-state index is -0.824. The highest BCUT2D eigenvalue weighted by molar-refractivity contribution is 5.79. The maximum atomic E-state index is 11.8. The molecule has 17 heavy (non-hydrogen) atoms. The van der Waals surface area contributed by atoms with Crippen LogP contribution in [-0.4, -0.2) is 41.6 Å². The van der Waals surface area contributed by atoms with E-state index in [9.17, 15) is 9.59 Å². The van der Waals surface area contributed by atoms with Crippen LogP contribution in [0.1, 0.15) is 33.6 Å². The fourth-order valence-corrected chi connectivity index (χ4v) is 1.89. The van der Waals surface area contributed by atoms with Crippen molar-refractivity contribution >= 4 is 12.0 Å². The number of carbonyl (C=O) groups is 2. The summed E-state index contributed by atoms with van der Waals surface area (Å²) in [5.41, 5.74) is -0.782. The number of carbonyl (C=O) groups excluding carboxylic acids is 1. The van der Waals surface area contributed by atoms with Gasteiger partial charge >= 0.3 is 12.0 Å². The first-order valence-electron chi connectivity index (χ1n) is 6.11. The van der Waals surface area contributed by atoms with Gasteiger partial charge in [0.15, 0.2) is 0 Å². The standard InChI is InChI=1S/C12H22N2O3/c1-9(2)4-6-13-11(17)14-7-5-12(3,8-14)10(15)16/h9H,4-8H2,1-3H3,(H,13,17)(H,15,16). The van der Waals surface area contributed by atoms with Crippen molar-refractivity contribution in [1.29, 1.82) is 0 Å². The molecule has 5 nitrogen and oxygen atoms in total. The van der Waals surface area contributed by atoms with Crippen LogP contribution in [0.4, 0.5) is 4.79 Å². The number of carboxylic acids is 1. The van der Waals surface area contributed by atoms with Gasteiger partial charge in [0.2, 0.25) is 0 Å². The van der Waals surface area contributed by atoms with Gasteiger partial charge in [-0.3, -0.25) is 4.79 Å². The molecule has 0 saturated carbocycles. The first kappa shape index (κ1) is 13.8. The lowest BCUT2D eigenvalue weighted by Gasteiger charge is -2.20. The number of nitrogens with zero attached hydrogens (tertiary/aromatic N) is 1. The smallest absolute Gasteiger partial charge is 0.317 e. The maximum Gasteiger partial charge on any atom is 0.317 e. The molecule has 2 amide bonds. The van der Waals surface area contributed by atoms with Crippen molar-refractivity contribution in [2.75, 3.05) is 19.6 Å². The second kappa shape index (κ2) is 5.38. The highest BCUT2D eigenvalue weighted by Crippen LogP contribution is 2.29. The fourth-order valence-electron chi connectivity index (χ4n) is 1.89. The predicted octanol–water partition coefficient (Wildman–Crippen LogP) is 1.54. The van der Waals surface area contributed by atoms with Crippen molar-refractivity contribution in [2.45, 2.75) is 33.6 Å². The zero-order valence-corrected chi connectivity index (χ0v) is 10.8. The third-order valence-corrected chi connectivity index (χ3v) is 3.27. The third kappa shape index (κ3) is 3.61. The number of hydrogen-bond donors (Lipinski definition) is 2. The molecule has 1 saturated heterocycles. The minimum Gasteiger partial charge on any atom is -0.481 e. The summed E-state index contributed by atoms with van der Waals surface area (Å²) in [4.78, 5) is 24.4. The van der Waals surface area contributed by atoms with E-state index < -0.39 is 11.4 Å². The Balaban J connectivity index is 2.38. The van der Waals surface area contributed by atoms with Gasteiger partial charge in [0.1, 0.15) is 0 Å². The molecule has 1 unspecified atom stereocenters. The monoisotopic (exact) mass is 242 g/mol. The van der Waals surface area contributed by atoms with Gasteiger partial charge in [-0.15, -0.1) is 0 Å². The number of likely N-dealkylation sites (tertiary alicyclic amines) is 1. The van der Waals surface area contributed by atoms with Gasteiger partial charge in [0.05, 0.1) is 5.41 Å². The van der Waals surface area contributed by atoms with Crippen molar-refractivity contribution in [3.05, 3.63) is 0 Å². The van der Waals surface area contributed by atoms with Crippen LogP contribution in [0.15, 0.2) is 0 Å². The lowest BCUT2D eigenvalue weighted by Crippen LogP contribution is -2.41. The fraction of sp³-hybridized carbons (Fsp3) is 0.833. The predicted molar refractivity (Wildman–Crippen MR) is 64.8 cm³/mol. The third-order valence-electron chi connectivity index (χ3n) is 3.27. The van der Waals surface area contributed by atoms with Crippen molar-refractivity contribution in [3.63, 3.8) is 0 Å². The second-order valence-corrected chi connectivity index (χ2v) is 5.45. The van der Waals surface area contributed by atoms with Crippen molar-refractivity contribution in [2.24, 2.45) is 11.3 Å². The lowest BCUT2D eigenvalue weighted by atomic mass is 9.90. The highest BCUT2D eigenvalue weighted by Gasteiger charge is 2.42. The average molecular weight is 242 g/mol. The maximum absolute atomic E-state index is 11.8. The summed E-state index contributed by atoms with van der Waals surface area (Å²) in [5.74, 6) is -0.270. The molecule has 0 aromatic heterocycles. The summed E-state index contributed by atoms with van der Waals surface area (Å²) in [6.07, 6.45) is 1.47. The van der Waals surface area contributed by atoms with Gasteiger partial charge < -0.3 is 15.3 Å². The molecule has 1 atom stereocenters. The molecule has 98 valence electrons. The molecule has 0 bridgehead atoms. The van der Waals surface area contributed by atoms with Gasteiger partial charge in [0.25, 0.3) is 0 Å². The average Bonchev–Trinajstić information content (AvgIpc) is 2.62. The molecule has 1 heterocycles. The normalized spacial score (nSPS) is 24.1. The van der Waals surface area contributed by atoms with Crippen LogP contribution >= 0.6 is 0 Å². The Labute approximate surface area is 102 Å². The molecule has 1 aliphatic rings. The van der Waals surface area contributed by atoms with E-state index in [0.717, 1.165) is 6.42 Å². The van der Waals surface area contributed by atoms with Crippen molar-refractivity contribution in [3.8, 4) is 0 Å². The summed E-state index contributed by atoms with van der Waals surface area (Å²) >= 11 is 0. The molecule has 0 aromatic carbocycles. The van der Waals surface area contributed by atoms with Gasteiger partial charge in [0, 0.05) is 19.6 Å². The van der Waals surface area contributed by atoms with Crippen LogP contribution in [0, 0.1) is 11.3 Å². The summed E-state index contributed by atoms with van der Waals surface area (Å²) in [7, 11) is 0. The molecule has 0 aromatic rings. The summed E-state index contributed by atoms with van der Waals surface area (Å²) in [6, 6.07) is -0.143. The van der Waals surface area contributed by atoms with E-state index >= 15 is 0 Å². The number of carboxylic acid groups (broad SMARTS) is 1. The van der Waals surface area contributed by atoms with Gasteiger partial charge in [-0.2, -0.15) is 0 Å². The Morgan fingerprint density at radius 2 is 2.12 bits per heavy atom. The Kier molecular flexibility index (Phi) is 4.37. The number of aliphatic carboxylic acids is 1. The number of urea groups is 1. The van der Waals surface area contributed by atoms with Crippen LogP contribution in [0.3, 0.4) is 0 Å². The van der Waals surface area contributed by atoms with E-state index in [2.05, 4.69) is 19.2 Å². The summed E-state index contributed by atoms with van der Waals surface area (Å²) < 4.78 is 0. The number of rotatable bonds is 4. The zero-order chi connectivity index (χ0) is 13.1. The highest BCUT2D eigenvalue weighted by atomic mass is 16.4. The number of nitrogens with one attached hydrogen (secondary N) is 1. The van der Waals surface area contributed by atoms with Crippen molar-refractivity contribution < 1.29 is 14.7 Å². The zero-order valence-electron chi connectivity index (χ0n) is 10.8. The van der Waals surface area contributed by atoms with Crippen LogP contribution < -0.4 is 5.32 Å². The van der Waals surface area contributed by atoms with E-state index in [-0.39, 0.29) is 6.03 Å². The van der Waals surface area contributed by atoms with E-state index in [1.165, 1.54) is 0 Å². The van der Waals surface area contributed by atoms with Gasteiger partial charge in [-0.25, -0.2) is 4.79 Å². The Hall–Kier alpha value is -1.26. The van der Waals surface area contributed by atoms with Crippen LogP contribution in [0.2, 0.25) is 0 Å². The Morgan fingerprint density at radius 1 is 1.47 bits per heavy atom. The topological polar surface area (TPSA) is 69.6 Å². The van der Waals surface area contributed by atoms with E-state index in [1.54, 1.807) is 11.8 Å². The minimum absolute atomic E-state index is 0.143. The molecule has 1 aliphatic heterocycles. The quantitative estimate of drug-likeness (QED) is 0.785. The largest absolute Gasteiger partial charge is 0.481 e. The molecule has 0 aliphatic carbocycles. The molecule has 2 N–H and O–H groups in total. The molecule has 0 radical (unpaired) electrons. The summed E-state index contributed by atoms with van der Waals surface area (Å²) in [5, 5.41) is 11.9. The van der Waals surface area contributed by atoms with Crippen LogP contribution in [-0.2, 0) is 4.79 Å². The number of amides is 2.